The average Bonchev–Trinajstić information content (AvgIpc) is 3.15. The van der Waals surface area contributed by atoms with Crippen molar-refractivity contribution in [1.82, 2.24) is 9.80 Å². The van der Waals surface area contributed by atoms with Crippen molar-refractivity contribution in [2.75, 3.05) is 68.7 Å². The zero-order valence-electron chi connectivity index (χ0n) is 21.6. The number of carbonyl (C=O) groups is 1. The number of aryl methyl sites for hydroxylation is 1. The van der Waals surface area contributed by atoms with E-state index in [2.05, 4.69) is 41.0 Å². The van der Waals surface area contributed by atoms with Gasteiger partial charge in [0.1, 0.15) is 5.56 Å². The molecule has 0 spiro atoms. The number of hydrogen-bond acceptors (Lipinski definition) is 6. The number of hydrogen-bond donors (Lipinski definition) is 0. The molecule has 2 fully saturated rings. The Kier molecular flexibility index (Phi) is 10.2. The van der Waals surface area contributed by atoms with E-state index in [1.54, 1.807) is 9.80 Å². The van der Waals surface area contributed by atoms with E-state index < -0.39 is 22.4 Å². The van der Waals surface area contributed by atoms with E-state index in [0.717, 1.165) is 51.3 Å². The van der Waals surface area contributed by atoms with Crippen LogP contribution in [0.2, 0.25) is 0 Å². The Morgan fingerprint density at radius 1 is 0.897 bits per heavy atom. The molecule has 2 aromatic carbocycles. The molecule has 11 heteroatoms. The largest absolute Gasteiger partial charge is 0.423 e. The fourth-order valence-corrected chi connectivity index (χ4v) is 5.13. The highest BCUT2D eigenvalue weighted by Crippen LogP contribution is 2.38. The van der Waals surface area contributed by atoms with Gasteiger partial charge in [0.05, 0.1) is 4.92 Å². The number of rotatable bonds is 7. The van der Waals surface area contributed by atoms with Crippen LogP contribution in [0.15, 0.2) is 42.5 Å². The first-order valence-corrected chi connectivity index (χ1v) is 13.0. The van der Waals surface area contributed by atoms with Crippen molar-refractivity contribution in [3.05, 3.63) is 63.7 Å². The Hall–Kier alpha value is -3.34. The smallest absolute Gasteiger partial charge is 0.370 e. The highest BCUT2D eigenvalue weighted by molar-refractivity contribution is 5.76. The van der Waals surface area contributed by atoms with E-state index in [4.69, 9.17) is 0 Å². The molecule has 2 aromatic rings. The Balaban J connectivity index is 0.00000420. The maximum Gasteiger partial charge on any atom is 0.423 e. The second-order valence-corrected chi connectivity index (χ2v) is 9.95. The van der Waals surface area contributed by atoms with Crippen LogP contribution in [0.1, 0.15) is 37.8 Å². The van der Waals surface area contributed by atoms with Crippen molar-refractivity contribution in [2.45, 2.75) is 39.8 Å². The summed E-state index contributed by atoms with van der Waals surface area (Å²) in [7, 11) is 0. The number of halogens is 3. The molecule has 214 valence electrons. The Labute approximate surface area is 228 Å². The number of benzene rings is 2. The summed E-state index contributed by atoms with van der Waals surface area (Å²) in [6.07, 6.45) is -3.00. The molecule has 2 saturated heterocycles. The first-order chi connectivity index (χ1) is 18.1. The molecular weight excluding hydrogens is 511 g/mol. The van der Waals surface area contributed by atoms with E-state index in [1.807, 2.05) is 0 Å². The highest BCUT2D eigenvalue weighted by Gasteiger charge is 2.39. The molecule has 0 N–H and O–H groups in total. The standard InChI is InChI=1S/C27H34F3N5O3.CH4/c1-21-5-7-22(8-6-21)33-16-14-31(15-17-33)11-2-4-26(36)34-13-3-12-32(18-19-34)23-9-10-25(35(37)38)24(20-23)27(28,29)30;/h5-10,20H,2-4,11-19H2,1H3;1H4. The van der Waals surface area contributed by atoms with Crippen LogP contribution in [0.4, 0.5) is 30.2 Å². The van der Waals surface area contributed by atoms with Crippen molar-refractivity contribution < 1.29 is 22.9 Å². The Morgan fingerprint density at radius 3 is 2.15 bits per heavy atom. The maximum atomic E-state index is 13.4. The predicted octanol–water partition coefficient (Wildman–Crippen LogP) is 5.20. The molecule has 4 rings (SSSR count). The minimum absolute atomic E-state index is 0. The summed E-state index contributed by atoms with van der Waals surface area (Å²) < 4.78 is 40.2. The van der Waals surface area contributed by atoms with Gasteiger partial charge in [-0.25, -0.2) is 0 Å². The van der Waals surface area contributed by atoms with Crippen molar-refractivity contribution in [3.8, 4) is 0 Å². The average molecular weight is 550 g/mol. The first kappa shape index (κ1) is 30.2. The minimum Gasteiger partial charge on any atom is -0.370 e. The molecule has 2 heterocycles. The summed E-state index contributed by atoms with van der Waals surface area (Å²) in [6.45, 7) is 8.57. The lowest BCUT2D eigenvalue weighted by Crippen LogP contribution is -2.46. The number of carbonyl (C=O) groups excluding carboxylic acids is 1. The lowest BCUT2D eigenvalue weighted by Gasteiger charge is -2.36. The SMILES string of the molecule is C.Cc1ccc(N2CCN(CCCC(=O)N3CCCN(c4ccc([N+](=O)[O-])c(C(F)(F)F)c4)CC3)CC2)cc1. The van der Waals surface area contributed by atoms with Gasteiger partial charge in [-0.2, -0.15) is 13.2 Å². The van der Waals surface area contributed by atoms with Gasteiger partial charge in [0.15, 0.2) is 0 Å². The van der Waals surface area contributed by atoms with Crippen LogP contribution >= 0.6 is 0 Å². The number of nitro benzene ring substituents is 1. The molecule has 8 nitrogen and oxygen atoms in total. The van der Waals surface area contributed by atoms with E-state index in [9.17, 15) is 28.1 Å². The topological polar surface area (TPSA) is 73.2 Å². The third kappa shape index (κ3) is 7.84. The molecule has 0 saturated carbocycles. The molecule has 0 aliphatic carbocycles. The van der Waals surface area contributed by atoms with Crippen LogP contribution in [-0.2, 0) is 11.0 Å². The number of anilines is 2. The molecule has 0 unspecified atom stereocenters. The van der Waals surface area contributed by atoms with Crippen LogP contribution in [0.3, 0.4) is 0 Å². The number of amides is 1. The van der Waals surface area contributed by atoms with Crippen molar-refractivity contribution in [1.29, 1.82) is 0 Å². The third-order valence-corrected chi connectivity index (χ3v) is 7.33. The number of nitrogens with zero attached hydrogens (tertiary/aromatic N) is 5. The molecule has 0 radical (unpaired) electrons. The quantitative estimate of drug-likeness (QED) is 0.349. The second kappa shape index (κ2) is 13.1. The molecule has 0 bridgehead atoms. The monoisotopic (exact) mass is 549 g/mol. The fraction of sp³-hybridized carbons (Fsp3) is 0.536. The predicted molar refractivity (Wildman–Crippen MR) is 147 cm³/mol. The van der Waals surface area contributed by atoms with Crippen molar-refractivity contribution in [2.24, 2.45) is 0 Å². The van der Waals surface area contributed by atoms with Gasteiger partial charge in [0.2, 0.25) is 5.91 Å². The van der Waals surface area contributed by atoms with E-state index >= 15 is 0 Å². The Morgan fingerprint density at radius 2 is 1.51 bits per heavy atom. The van der Waals surface area contributed by atoms with Crippen LogP contribution in [0.5, 0.6) is 0 Å². The molecule has 39 heavy (non-hydrogen) atoms. The summed E-state index contributed by atoms with van der Waals surface area (Å²) >= 11 is 0. The lowest BCUT2D eigenvalue weighted by atomic mass is 10.1. The normalized spacial score (nSPS) is 17.0. The van der Waals surface area contributed by atoms with Crippen molar-refractivity contribution in [3.63, 3.8) is 0 Å². The molecular formula is C28H38F3N5O3. The Bertz CT molecular complexity index is 1120. The maximum absolute atomic E-state index is 13.4. The fourth-order valence-electron chi connectivity index (χ4n) is 5.13. The third-order valence-electron chi connectivity index (χ3n) is 7.33. The van der Waals surface area contributed by atoms with Crippen molar-refractivity contribution >= 4 is 23.0 Å². The lowest BCUT2D eigenvalue weighted by molar-refractivity contribution is -0.388. The summed E-state index contributed by atoms with van der Waals surface area (Å²) in [5.41, 5.74) is 0.559. The summed E-state index contributed by atoms with van der Waals surface area (Å²) in [5, 5.41) is 11.0. The van der Waals surface area contributed by atoms with E-state index in [0.29, 0.717) is 39.0 Å². The van der Waals surface area contributed by atoms with Gasteiger partial charge in [-0.05, 0) is 50.6 Å². The second-order valence-electron chi connectivity index (χ2n) is 9.95. The molecule has 0 atom stereocenters. The van der Waals surface area contributed by atoms with Gasteiger partial charge in [-0.15, -0.1) is 0 Å². The molecule has 2 aliphatic heterocycles. The summed E-state index contributed by atoms with van der Waals surface area (Å²) in [5.74, 6) is 0.0600. The van der Waals surface area contributed by atoms with Gasteiger partial charge in [0, 0.05) is 76.2 Å². The molecule has 2 aliphatic rings. The number of piperazine rings is 1. The van der Waals surface area contributed by atoms with Gasteiger partial charge >= 0.3 is 6.18 Å². The van der Waals surface area contributed by atoms with Gasteiger partial charge in [0.25, 0.3) is 5.69 Å². The molecule has 1 amide bonds. The van der Waals surface area contributed by atoms with Gasteiger partial charge in [-0.1, -0.05) is 25.1 Å². The summed E-state index contributed by atoms with van der Waals surface area (Å²) in [6, 6.07) is 11.7. The zero-order valence-corrected chi connectivity index (χ0v) is 21.6. The van der Waals surface area contributed by atoms with E-state index in [-0.39, 0.29) is 19.0 Å². The van der Waals surface area contributed by atoms with Crippen LogP contribution < -0.4 is 9.80 Å². The first-order valence-electron chi connectivity index (χ1n) is 13.0. The van der Waals surface area contributed by atoms with Crippen LogP contribution in [-0.4, -0.2) is 79.5 Å². The minimum atomic E-state index is -4.82. The molecule has 0 aromatic heterocycles. The van der Waals surface area contributed by atoms with Gasteiger partial charge < -0.3 is 14.7 Å². The van der Waals surface area contributed by atoms with Crippen LogP contribution in [0, 0.1) is 17.0 Å². The number of nitro groups is 1. The summed E-state index contributed by atoms with van der Waals surface area (Å²) in [4.78, 5) is 31.2. The van der Waals surface area contributed by atoms with Crippen LogP contribution in [0.25, 0.3) is 0 Å². The van der Waals surface area contributed by atoms with Gasteiger partial charge in [-0.3, -0.25) is 19.8 Å². The van der Waals surface area contributed by atoms with E-state index in [1.165, 1.54) is 17.3 Å². The number of alkyl halides is 3. The zero-order chi connectivity index (χ0) is 27.3. The highest BCUT2D eigenvalue weighted by atomic mass is 19.4.